The summed E-state index contributed by atoms with van der Waals surface area (Å²) in [4.78, 5) is 23.2. The SMILES string of the molecule is CCC(=N)N(C)CC[N-]c1c2ccccc2nc2ccccc12.NCCN.O=[N+]([O-])[O-].O=[N+]([O-])[O-].[Cl-].[Pt+4]. The van der Waals surface area contributed by atoms with E-state index in [-0.39, 0.29) is 33.5 Å². The van der Waals surface area contributed by atoms with E-state index in [1.165, 1.54) is 0 Å². The van der Waals surface area contributed by atoms with E-state index in [1.807, 2.05) is 55.3 Å². The molecular weight excluding hydrogens is 691 g/mol. The van der Waals surface area contributed by atoms with Crippen molar-refractivity contribution in [1.29, 1.82) is 5.41 Å². The van der Waals surface area contributed by atoms with Crippen LogP contribution in [-0.2, 0) is 21.1 Å². The number of nitrogens with two attached hydrogens (primary N) is 2. The second kappa shape index (κ2) is 21.9. The molecule has 0 fully saturated rings. The number of hydrogen-bond donors (Lipinski definition) is 3. The predicted molar refractivity (Wildman–Crippen MR) is 137 cm³/mol. The predicted octanol–water partition coefficient (Wildman–Crippen LogP) is 0.139. The number of amidine groups is 1. The summed E-state index contributed by atoms with van der Waals surface area (Å²) in [6, 6.07) is 16.3. The van der Waals surface area contributed by atoms with Gasteiger partial charge in [-0.25, -0.2) is 4.98 Å². The van der Waals surface area contributed by atoms with E-state index in [9.17, 15) is 0 Å². The maximum absolute atomic E-state index is 8.25. The molecule has 1 aromatic heterocycles. The molecule has 3 rings (SSSR count). The van der Waals surface area contributed by atoms with Crippen molar-refractivity contribution in [3.8, 4) is 0 Å². The standard InChI is InChI=1S/C19H21N4.C2H8N2.ClH.2NO3.Pt/c1-3-18(20)23(2)13-12-21-19-14-8-4-6-10-16(14)22-17-11-7-5-9-15(17)19;3-1-2-4;;2*2-1(3)4;/h4-11,20H,3,12-13H2,1-2H3;1-4H2;1H;;;/q-1;;;2*-1;+4/p-1. The van der Waals surface area contributed by atoms with Gasteiger partial charge in [0.15, 0.2) is 0 Å². The van der Waals surface area contributed by atoms with Gasteiger partial charge in [0.2, 0.25) is 0 Å². The van der Waals surface area contributed by atoms with Crippen LogP contribution < -0.4 is 23.9 Å². The summed E-state index contributed by atoms with van der Waals surface area (Å²) in [6.07, 6.45) is 0.748. The maximum atomic E-state index is 8.25. The Hall–Kier alpha value is -3.32. The molecule has 0 radical (unpaired) electrons. The van der Waals surface area contributed by atoms with Gasteiger partial charge in [0, 0.05) is 33.1 Å². The summed E-state index contributed by atoms with van der Waals surface area (Å²) in [5.74, 6) is 0.643. The van der Waals surface area contributed by atoms with Gasteiger partial charge in [-0.05, 0) is 22.9 Å². The Morgan fingerprint density at radius 1 is 0.946 bits per heavy atom. The third-order valence-corrected chi connectivity index (χ3v) is 4.23. The quantitative estimate of drug-likeness (QED) is 0.102. The molecule has 206 valence electrons. The Labute approximate surface area is 234 Å². The fourth-order valence-electron chi connectivity index (χ4n) is 2.70. The molecule has 0 aliphatic carbocycles. The van der Waals surface area contributed by atoms with Gasteiger partial charge in [0.25, 0.3) is 0 Å². The zero-order chi connectivity index (χ0) is 26.8. The number of pyridine rings is 1. The topological polar surface area (TPSA) is 239 Å². The van der Waals surface area contributed by atoms with Crippen LogP contribution in [0.2, 0.25) is 0 Å². The number of hydrogen-bond acceptors (Lipinski definition) is 10. The summed E-state index contributed by atoms with van der Waals surface area (Å²) >= 11 is 0. The zero-order valence-corrected chi connectivity index (χ0v) is 23.2. The molecule has 0 aliphatic rings. The van der Waals surface area contributed by atoms with E-state index in [0.717, 1.165) is 40.5 Å². The summed E-state index contributed by atoms with van der Waals surface area (Å²) < 4.78 is 0. The number of nitrogens with one attached hydrogen (secondary N) is 1. The molecule has 0 amide bonds. The Bertz CT molecular complexity index is 1020. The van der Waals surface area contributed by atoms with E-state index < -0.39 is 10.2 Å². The average Bonchev–Trinajstić information content (AvgIpc) is 2.82. The molecule has 0 bridgehead atoms. The van der Waals surface area contributed by atoms with Crippen molar-refractivity contribution in [3.63, 3.8) is 0 Å². The second-order valence-electron chi connectivity index (χ2n) is 6.62. The molecule has 0 atom stereocenters. The maximum Gasteiger partial charge on any atom is 4.00 e. The second-order valence-corrected chi connectivity index (χ2v) is 6.62. The van der Waals surface area contributed by atoms with Crippen LogP contribution in [0, 0.1) is 36.1 Å². The zero-order valence-electron chi connectivity index (χ0n) is 20.2. The Morgan fingerprint density at radius 2 is 1.32 bits per heavy atom. The van der Waals surface area contributed by atoms with Crippen molar-refractivity contribution in [2.24, 2.45) is 11.5 Å². The number of nitrogens with zero attached hydrogens (tertiary/aromatic N) is 5. The Morgan fingerprint density at radius 3 is 1.68 bits per heavy atom. The van der Waals surface area contributed by atoms with Crippen LogP contribution in [0.15, 0.2) is 48.5 Å². The summed E-state index contributed by atoms with van der Waals surface area (Å²) in [7, 11) is 1.95. The summed E-state index contributed by atoms with van der Waals surface area (Å²) in [6.45, 7) is 4.61. The van der Waals surface area contributed by atoms with Crippen LogP contribution in [0.5, 0.6) is 0 Å². The summed E-state index contributed by atoms with van der Waals surface area (Å²) in [5, 5.41) is 44.4. The monoisotopic (exact) mass is 719 g/mol. The largest absolute Gasteiger partial charge is 4.00 e. The molecule has 3 aromatic rings. The normalized spacial score (nSPS) is 8.86. The molecule has 2 aromatic carbocycles. The average molecular weight is 720 g/mol. The van der Waals surface area contributed by atoms with Gasteiger partial charge in [-0.2, -0.15) is 0 Å². The van der Waals surface area contributed by atoms with Gasteiger partial charge in [-0.1, -0.05) is 43.3 Å². The minimum absolute atomic E-state index is 0. The molecule has 1 heterocycles. The first-order valence-electron chi connectivity index (χ1n) is 10.4. The van der Waals surface area contributed by atoms with Crippen LogP contribution in [0.1, 0.15) is 13.3 Å². The molecule has 16 heteroatoms. The van der Waals surface area contributed by atoms with Crippen molar-refractivity contribution < 1.29 is 43.6 Å². The number of para-hydroxylation sites is 2. The van der Waals surface area contributed by atoms with E-state index in [1.54, 1.807) is 0 Å². The molecular formula is C21H29ClN8O6Pt. The van der Waals surface area contributed by atoms with Gasteiger partial charge < -0.3 is 64.7 Å². The van der Waals surface area contributed by atoms with Gasteiger partial charge in [-0.3, -0.25) is 5.41 Å². The fraction of sp³-hybridized carbons (Fsp3) is 0.333. The third-order valence-electron chi connectivity index (χ3n) is 4.23. The number of likely N-dealkylation sites (N-methyl/N-ethyl adjacent to an activating group) is 1. The van der Waals surface area contributed by atoms with E-state index in [4.69, 9.17) is 57.8 Å². The first-order valence-corrected chi connectivity index (χ1v) is 10.4. The minimum Gasteiger partial charge on any atom is -1.00 e. The van der Waals surface area contributed by atoms with Gasteiger partial charge in [0.1, 0.15) is 0 Å². The molecule has 0 saturated carbocycles. The number of aromatic nitrogens is 1. The smallest absolute Gasteiger partial charge is 1.00 e. The van der Waals surface area contributed by atoms with E-state index >= 15 is 0 Å². The van der Waals surface area contributed by atoms with Gasteiger partial charge in [-0.15, -0.1) is 12.2 Å². The van der Waals surface area contributed by atoms with Crippen LogP contribution in [0.4, 0.5) is 5.69 Å². The molecule has 37 heavy (non-hydrogen) atoms. The number of rotatable bonds is 6. The molecule has 0 unspecified atom stereocenters. The Balaban J connectivity index is -0.000000700. The summed E-state index contributed by atoms with van der Waals surface area (Å²) in [5.41, 5.74) is 12.8. The first-order chi connectivity index (χ1) is 16.6. The Kier molecular flexibility index (Phi) is 22.6. The van der Waals surface area contributed by atoms with E-state index in [0.29, 0.717) is 25.5 Å². The number of fused-ring (bicyclic) bond motifs is 2. The number of halogens is 1. The van der Waals surface area contributed by atoms with Crippen molar-refractivity contribution in [2.45, 2.75) is 13.3 Å². The van der Waals surface area contributed by atoms with Gasteiger partial charge in [0.05, 0.1) is 27.0 Å². The van der Waals surface area contributed by atoms with Crippen molar-refractivity contribution in [3.05, 3.63) is 84.5 Å². The third kappa shape index (κ3) is 16.1. The number of benzene rings is 2. The minimum atomic E-state index is -1.75. The van der Waals surface area contributed by atoms with Crippen LogP contribution in [-0.4, -0.2) is 59.1 Å². The van der Waals surface area contributed by atoms with Gasteiger partial charge >= 0.3 is 21.1 Å². The van der Waals surface area contributed by atoms with E-state index in [2.05, 4.69) is 12.1 Å². The molecule has 0 spiro atoms. The molecule has 14 nitrogen and oxygen atoms in total. The first kappa shape index (κ1) is 38.2. The van der Waals surface area contributed by atoms with Crippen LogP contribution in [0.25, 0.3) is 27.1 Å². The van der Waals surface area contributed by atoms with Crippen LogP contribution in [0.3, 0.4) is 0 Å². The molecule has 5 N–H and O–H groups in total. The fourth-order valence-corrected chi connectivity index (χ4v) is 2.70. The van der Waals surface area contributed by atoms with Crippen molar-refractivity contribution in [2.75, 3.05) is 33.2 Å². The molecule has 0 saturated heterocycles. The van der Waals surface area contributed by atoms with Crippen molar-refractivity contribution >= 4 is 33.3 Å². The van der Waals surface area contributed by atoms with Crippen LogP contribution >= 0.6 is 0 Å². The molecule has 0 aliphatic heterocycles. The van der Waals surface area contributed by atoms with Crippen molar-refractivity contribution in [1.82, 2.24) is 9.88 Å².